The molecule has 0 aliphatic rings. The number of carbonyl (C=O) groups is 3. The molecule has 4 amide bonds. The molecule has 0 radical (unpaired) electrons. The molecule has 2 aromatic rings. The number of rotatable bonds is 8. The molecular formula is C22H28N4O4. The summed E-state index contributed by atoms with van der Waals surface area (Å²) in [6.45, 7) is 5.85. The highest BCUT2D eigenvalue weighted by Crippen LogP contribution is 2.24. The number of urea groups is 1. The predicted molar refractivity (Wildman–Crippen MR) is 116 cm³/mol. The third kappa shape index (κ3) is 7.12. The average molecular weight is 412 g/mol. The van der Waals surface area contributed by atoms with Crippen molar-refractivity contribution in [2.45, 2.75) is 33.4 Å². The van der Waals surface area contributed by atoms with Gasteiger partial charge in [-0.2, -0.15) is 0 Å². The van der Waals surface area contributed by atoms with Crippen molar-refractivity contribution in [3.05, 3.63) is 59.2 Å². The zero-order valence-electron chi connectivity index (χ0n) is 17.7. The molecule has 4 N–H and O–H groups in total. The van der Waals surface area contributed by atoms with E-state index in [1.54, 1.807) is 36.4 Å². The van der Waals surface area contributed by atoms with Crippen LogP contribution in [-0.4, -0.2) is 37.5 Å². The summed E-state index contributed by atoms with van der Waals surface area (Å²) in [4.78, 5) is 36.1. The van der Waals surface area contributed by atoms with Crippen LogP contribution in [0.2, 0.25) is 0 Å². The fourth-order valence-corrected chi connectivity index (χ4v) is 2.65. The van der Waals surface area contributed by atoms with Gasteiger partial charge in [0.05, 0.1) is 19.3 Å². The number of ether oxygens (including phenoxy) is 1. The Labute approximate surface area is 176 Å². The van der Waals surface area contributed by atoms with Crippen LogP contribution in [0.15, 0.2) is 42.5 Å². The predicted octanol–water partition coefficient (Wildman–Crippen LogP) is 2.58. The summed E-state index contributed by atoms with van der Waals surface area (Å²) in [5.41, 5.74) is 2.81. The highest BCUT2D eigenvalue weighted by Gasteiger charge is 2.11. The van der Waals surface area contributed by atoms with Gasteiger partial charge >= 0.3 is 6.03 Å². The lowest BCUT2D eigenvalue weighted by molar-refractivity contribution is -0.115. The summed E-state index contributed by atoms with van der Waals surface area (Å²) >= 11 is 0. The van der Waals surface area contributed by atoms with Crippen LogP contribution in [-0.2, 0) is 11.3 Å². The minimum absolute atomic E-state index is 0.0558. The summed E-state index contributed by atoms with van der Waals surface area (Å²) in [5, 5.41) is 10.8. The van der Waals surface area contributed by atoms with E-state index in [0.717, 1.165) is 11.1 Å². The molecule has 0 bridgehead atoms. The Morgan fingerprint density at radius 3 is 2.33 bits per heavy atom. The number of hydrogen-bond acceptors (Lipinski definition) is 4. The van der Waals surface area contributed by atoms with Crippen LogP contribution in [0.5, 0.6) is 5.75 Å². The molecule has 0 heterocycles. The molecule has 0 aliphatic heterocycles. The molecule has 0 saturated carbocycles. The molecule has 2 aromatic carbocycles. The van der Waals surface area contributed by atoms with Gasteiger partial charge in [0.15, 0.2) is 0 Å². The van der Waals surface area contributed by atoms with Crippen molar-refractivity contribution in [3.63, 3.8) is 0 Å². The van der Waals surface area contributed by atoms with Crippen LogP contribution < -0.4 is 26.0 Å². The molecule has 0 aromatic heterocycles. The molecule has 30 heavy (non-hydrogen) atoms. The van der Waals surface area contributed by atoms with Crippen molar-refractivity contribution < 1.29 is 19.1 Å². The zero-order chi connectivity index (χ0) is 22.1. The van der Waals surface area contributed by atoms with Gasteiger partial charge in [0.25, 0.3) is 5.91 Å². The van der Waals surface area contributed by atoms with Crippen molar-refractivity contribution in [1.29, 1.82) is 0 Å². The quantitative estimate of drug-likeness (QED) is 0.534. The van der Waals surface area contributed by atoms with Gasteiger partial charge in [0.2, 0.25) is 5.91 Å². The van der Waals surface area contributed by atoms with Crippen LogP contribution in [0.25, 0.3) is 0 Å². The van der Waals surface area contributed by atoms with E-state index < -0.39 is 0 Å². The summed E-state index contributed by atoms with van der Waals surface area (Å²) < 4.78 is 5.23. The number of benzene rings is 2. The van der Waals surface area contributed by atoms with Gasteiger partial charge < -0.3 is 26.0 Å². The second-order valence-corrected chi connectivity index (χ2v) is 7.11. The van der Waals surface area contributed by atoms with Gasteiger partial charge in [0, 0.05) is 18.2 Å². The van der Waals surface area contributed by atoms with Crippen molar-refractivity contribution in [2.75, 3.05) is 19.0 Å². The lowest BCUT2D eigenvalue weighted by Crippen LogP contribution is -2.39. The van der Waals surface area contributed by atoms with Crippen molar-refractivity contribution in [1.82, 2.24) is 16.0 Å². The van der Waals surface area contributed by atoms with Crippen molar-refractivity contribution in [3.8, 4) is 5.75 Å². The molecule has 2 rings (SSSR count). The molecule has 0 atom stereocenters. The van der Waals surface area contributed by atoms with Crippen LogP contribution in [0.3, 0.4) is 0 Å². The molecule has 8 nitrogen and oxygen atoms in total. The Kier molecular flexibility index (Phi) is 8.22. The first kappa shape index (κ1) is 22.7. The summed E-state index contributed by atoms with van der Waals surface area (Å²) in [6.07, 6.45) is 0. The third-order valence-corrected chi connectivity index (χ3v) is 4.13. The maximum Gasteiger partial charge on any atom is 0.315 e. The second-order valence-electron chi connectivity index (χ2n) is 7.11. The lowest BCUT2D eigenvalue weighted by Gasteiger charge is -2.12. The Balaban J connectivity index is 1.84. The molecule has 0 fully saturated rings. The van der Waals surface area contributed by atoms with E-state index in [0.29, 0.717) is 23.5 Å². The van der Waals surface area contributed by atoms with E-state index in [-0.39, 0.29) is 30.4 Å². The number of anilines is 1. The lowest BCUT2D eigenvalue weighted by atomic mass is 10.1. The minimum Gasteiger partial charge on any atom is -0.495 e. The van der Waals surface area contributed by atoms with Crippen molar-refractivity contribution >= 4 is 23.5 Å². The first-order valence-electron chi connectivity index (χ1n) is 9.64. The van der Waals surface area contributed by atoms with E-state index in [2.05, 4.69) is 21.3 Å². The largest absolute Gasteiger partial charge is 0.495 e. The van der Waals surface area contributed by atoms with E-state index in [9.17, 15) is 14.4 Å². The van der Waals surface area contributed by atoms with Crippen molar-refractivity contribution in [2.24, 2.45) is 0 Å². The molecule has 0 aliphatic carbocycles. The number of nitrogens with one attached hydrogen (secondary N) is 4. The van der Waals surface area contributed by atoms with Crippen LogP contribution in [0.4, 0.5) is 10.5 Å². The van der Waals surface area contributed by atoms with E-state index in [1.165, 1.54) is 7.11 Å². The van der Waals surface area contributed by atoms with Crippen LogP contribution in [0, 0.1) is 6.92 Å². The maximum absolute atomic E-state index is 12.3. The van der Waals surface area contributed by atoms with Gasteiger partial charge in [0.1, 0.15) is 5.75 Å². The molecule has 160 valence electrons. The Morgan fingerprint density at radius 2 is 1.70 bits per heavy atom. The zero-order valence-corrected chi connectivity index (χ0v) is 17.7. The highest BCUT2D eigenvalue weighted by molar-refractivity contribution is 5.99. The van der Waals surface area contributed by atoms with E-state index in [1.807, 2.05) is 26.8 Å². The molecule has 8 heteroatoms. The number of aryl methyl sites for hydroxylation is 1. The second kappa shape index (κ2) is 10.8. The fourth-order valence-electron chi connectivity index (χ4n) is 2.65. The van der Waals surface area contributed by atoms with E-state index in [4.69, 9.17) is 4.74 Å². The molecule has 0 unspecified atom stereocenters. The average Bonchev–Trinajstić information content (AvgIpc) is 2.70. The Morgan fingerprint density at radius 1 is 1.00 bits per heavy atom. The monoisotopic (exact) mass is 412 g/mol. The van der Waals surface area contributed by atoms with Gasteiger partial charge in [-0.25, -0.2) is 4.79 Å². The first-order valence-corrected chi connectivity index (χ1v) is 9.64. The summed E-state index contributed by atoms with van der Waals surface area (Å²) in [7, 11) is 1.53. The van der Waals surface area contributed by atoms with Gasteiger partial charge in [-0.1, -0.05) is 18.2 Å². The normalized spacial score (nSPS) is 10.3. The minimum atomic E-state index is -0.363. The molecular weight excluding hydrogens is 384 g/mol. The first-order chi connectivity index (χ1) is 14.3. The van der Waals surface area contributed by atoms with Gasteiger partial charge in [-0.05, 0) is 56.2 Å². The maximum atomic E-state index is 12.3. The Bertz CT molecular complexity index is 895. The number of hydrogen-bond donors (Lipinski definition) is 4. The van der Waals surface area contributed by atoms with Crippen LogP contribution in [0.1, 0.15) is 35.3 Å². The summed E-state index contributed by atoms with van der Waals surface area (Å²) in [5.74, 6) is -0.172. The van der Waals surface area contributed by atoms with Gasteiger partial charge in [-0.3, -0.25) is 9.59 Å². The molecule has 0 saturated heterocycles. The highest BCUT2D eigenvalue weighted by atomic mass is 16.5. The smallest absolute Gasteiger partial charge is 0.315 e. The fraction of sp³-hybridized carbons (Fsp3) is 0.318. The number of carbonyl (C=O) groups excluding carboxylic acids is 3. The summed E-state index contributed by atoms with van der Waals surface area (Å²) in [6, 6.07) is 12.1. The number of amides is 4. The Hall–Kier alpha value is -3.55. The third-order valence-electron chi connectivity index (χ3n) is 4.13. The van der Waals surface area contributed by atoms with Crippen LogP contribution >= 0.6 is 0 Å². The standard InChI is InChI=1S/C22H28N4O4/c1-14(2)25-22(29)24-12-16-6-8-17(9-7-16)21(28)23-13-20(27)26-18-11-15(3)5-10-19(18)30-4/h5-11,14H,12-13H2,1-4H3,(H,23,28)(H,26,27)(H2,24,25,29). The van der Waals surface area contributed by atoms with Gasteiger partial charge in [-0.15, -0.1) is 0 Å². The number of methoxy groups -OCH3 is 1. The van der Waals surface area contributed by atoms with E-state index >= 15 is 0 Å². The SMILES string of the molecule is COc1ccc(C)cc1NC(=O)CNC(=O)c1ccc(CNC(=O)NC(C)C)cc1. The molecule has 0 spiro atoms. The topological polar surface area (TPSA) is 109 Å².